The Hall–Kier alpha value is -1.68. The standard InChI is InChI=1S/C15H19N3O/c19-10-8-13-6-3-4-9-18(13)15-14-7-2-1-5-12(14)11-16-17-15/h1-2,5,7,11,13,19H,3-4,6,8-10H2. The van der Waals surface area contributed by atoms with Crippen molar-refractivity contribution in [3.05, 3.63) is 30.5 Å². The minimum Gasteiger partial charge on any atom is -0.396 e. The minimum atomic E-state index is 0.235. The number of nitrogens with zero attached hydrogens (tertiary/aromatic N) is 3. The van der Waals surface area contributed by atoms with Crippen molar-refractivity contribution in [2.24, 2.45) is 0 Å². The molecule has 0 radical (unpaired) electrons. The highest BCUT2D eigenvalue weighted by Gasteiger charge is 2.24. The maximum atomic E-state index is 9.23. The number of hydrogen-bond donors (Lipinski definition) is 1. The zero-order chi connectivity index (χ0) is 13.1. The van der Waals surface area contributed by atoms with Gasteiger partial charge in [0.25, 0.3) is 0 Å². The van der Waals surface area contributed by atoms with Crippen LogP contribution >= 0.6 is 0 Å². The largest absolute Gasteiger partial charge is 0.396 e. The van der Waals surface area contributed by atoms with Gasteiger partial charge in [0.15, 0.2) is 5.82 Å². The monoisotopic (exact) mass is 257 g/mol. The molecule has 19 heavy (non-hydrogen) atoms. The van der Waals surface area contributed by atoms with E-state index < -0.39 is 0 Å². The van der Waals surface area contributed by atoms with Gasteiger partial charge < -0.3 is 10.0 Å². The molecular weight excluding hydrogens is 238 g/mol. The summed E-state index contributed by atoms with van der Waals surface area (Å²) in [5.41, 5.74) is 0. The van der Waals surface area contributed by atoms with Crippen molar-refractivity contribution in [2.45, 2.75) is 31.7 Å². The van der Waals surface area contributed by atoms with Gasteiger partial charge in [-0.25, -0.2) is 0 Å². The lowest BCUT2D eigenvalue weighted by Crippen LogP contribution is -2.40. The van der Waals surface area contributed by atoms with Gasteiger partial charge in [0.2, 0.25) is 0 Å². The summed E-state index contributed by atoms with van der Waals surface area (Å²) in [6, 6.07) is 8.62. The zero-order valence-corrected chi connectivity index (χ0v) is 11.0. The Kier molecular flexibility index (Phi) is 3.60. The highest BCUT2D eigenvalue weighted by atomic mass is 16.3. The van der Waals surface area contributed by atoms with E-state index in [2.05, 4.69) is 27.2 Å². The molecule has 0 amide bonds. The summed E-state index contributed by atoms with van der Waals surface area (Å²) in [5, 5.41) is 20.0. The lowest BCUT2D eigenvalue weighted by molar-refractivity contribution is 0.262. The molecule has 1 fully saturated rings. The van der Waals surface area contributed by atoms with Gasteiger partial charge in [0.1, 0.15) is 0 Å². The fourth-order valence-electron chi connectivity index (χ4n) is 2.95. The molecule has 100 valence electrons. The highest BCUT2D eigenvalue weighted by molar-refractivity contribution is 5.91. The van der Waals surface area contributed by atoms with E-state index in [1.54, 1.807) is 0 Å². The van der Waals surface area contributed by atoms with Gasteiger partial charge in [0.05, 0.1) is 6.20 Å². The SMILES string of the molecule is OCCC1CCCCN1c1nncc2ccccc12. The molecule has 2 heterocycles. The second-order valence-electron chi connectivity index (χ2n) is 5.11. The van der Waals surface area contributed by atoms with Crippen LogP contribution in [0.15, 0.2) is 30.5 Å². The van der Waals surface area contributed by atoms with Crippen LogP contribution in [-0.4, -0.2) is 34.5 Å². The third kappa shape index (κ3) is 2.40. The van der Waals surface area contributed by atoms with Crippen molar-refractivity contribution in [1.29, 1.82) is 0 Å². The lowest BCUT2D eigenvalue weighted by Gasteiger charge is -2.36. The molecule has 0 spiro atoms. The number of benzene rings is 1. The molecule has 4 nitrogen and oxygen atoms in total. The average molecular weight is 257 g/mol. The summed E-state index contributed by atoms with van der Waals surface area (Å²) >= 11 is 0. The van der Waals surface area contributed by atoms with E-state index in [-0.39, 0.29) is 6.61 Å². The molecule has 4 heteroatoms. The molecule has 2 aromatic rings. The van der Waals surface area contributed by atoms with Crippen molar-refractivity contribution < 1.29 is 5.11 Å². The van der Waals surface area contributed by atoms with Crippen molar-refractivity contribution in [3.63, 3.8) is 0 Å². The normalized spacial score (nSPS) is 19.8. The molecule has 1 aliphatic heterocycles. The smallest absolute Gasteiger partial charge is 0.159 e. The Morgan fingerprint density at radius 1 is 1.26 bits per heavy atom. The molecule has 3 rings (SSSR count). The molecule has 1 unspecified atom stereocenters. The highest BCUT2D eigenvalue weighted by Crippen LogP contribution is 2.29. The maximum absolute atomic E-state index is 9.23. The fraction of sp³-hybridized carbons (Fsp3) is 0.467. The predicted octanol–water partition coefficient (Wildman–Crippen LogP) is 2.37. The molecule has 1 N–H and O–H groups in total. The van der Waals surface area contributed by atoms with Crippen LogP contribution in [-0.2, 0) is 0 Å². The number of hydrogen-bond acceptors (Lipinski definition) is 4. The number of aromatic nitrogens is 2. The summed E-state index contributed by atoms with van der Waals surface area (Å²) in [5.74, 6) is 0.969. The van der Waals surface area contributed by atoms with Gasteiger partial charge >= 0.3 is 0 Å². The zero-order valence-electron chi connectivity index (χ0n) is 11.0. The molecule has 0 bridgehead atoms. The van der Waals surface area contributed by atoms with Gasteiger partial charge in [-0.2, -0.15) is 5.10 Å². The second kappa shape index (κ2) is 5.53. The van der Waals surface area contributed by atoms with Crippen LogP contribution in [0.1, 0.15) is 25.7 Å². The van der Waals surface area contributed by atoms with Crippen LogP contribution in [0.5, 0.6) is 0 Å². The average Bonchev–Trinajstić information content (AvgIpc) is 2.48. The van der Waals surface area contributed by atoms with E-state index in [0.717, 1.165) is 36.0 Å². The Labute approximate surface area is 113 Å². The summed E-state index contributed by atoms with van der Waals surface area (Å²) in [6.07, 6.45) is 6.17. The summed E-state index contributed by atoms with van der Waals surface area (Å²) in [7, 11) is 0. The summed E-state index contributed by atoms with van der Waals surface area (Å²) in [6.45, 7) is 1.24. The second-order valence-corrected chi connectivity index (χ2v) is 5.11. The van der Waals surface area contributed by atoms with Crippen LogP contribution in [0, 0.1) is 0 Å². The molecule has 0 saturated carbocycles. The van der Waals surface area contributed by atoms with Crippen LogP contribution in [0.3, 0.4) is 0 Å². The Bertz CT molecular complexity index is 551. The number of fused-ring (bicyclic) bond motifs is 1. The molecule has 1 atom stereocenters. The third-order valence-electron chi connectivity index (χ3n) is 3.91. The van der Waals surface area contributed by atoms with Crippen LogP contribution in [0.25, 0.3) is 10.8 Å². The molecule has 1 saturated heterocycles. The van der Waals surface area contributed by atoms with Gasteiger partial charge in [-0.05, 0) is 25.7 Å². The number of aliphatic hydroxyl groups excluding tert-OH is 1. The number of piperidine rings is 1. The van der Waals surface area contributed by atoms with E-state index in [9.17, 15) is 5.11 Å². The van der Waals surface area contributed by atoms with Crippen LogP contribution < -0.4 is 4.90 Å². The van der Waals surface area contributed by atoms with Crippen molar-refractivity contribution >= 4 is 16.6 Å². The van der Waals surface area contributed by atoms with E-state index in [0.29, 0.717) is 6.04 Å². The van der Waals surface area contributed by atoms with Gasteiger partial charge in [-0.3, -0.25) is 0 Å². The first-order valence-electron chi connectivity index (χ1n) is 6.98. The lowest BCUT2D eigenvalue weighted by atomic mass is 9.99. The first kappa shape index (κ1) is 12.4. The quantitative estimate of drug-likeness (QED) is 0.917. The predicted molar refractivity (Wildman–Crippen MR) is 76.2 cm³/mol. The van der Waals surface area contributed by atoms with Gasteiger partial charge in [0, 0.05) is 30.0 Å². The summed E-state index contributed by atoms with van der Waals surface area (Å²) in [4.78, 5) is 2.33. The van der Waals surface area contributed by atoms with E-state index in [4.69, 9.17) is 0 Å². The summed E-state index contributed by atoms with van der Waals surface area (Å²) < 4.78 is 0. The number of aliphatic hydroxyl groups is 1. The molecule has 1 aromatic carbocycles. The van der Waals surface area contributed by atoms with Crippen molar-refractivity contribution in [3.8, 4) is 0 Å². The van der Waals surface area contributed by atoms with E-state index in [1.165, 1.54) is 12.8 Å². The van der Waals surface area contributed by atoms with Gasteiger partial charge in [-0.1, -0.05) is 24.3 Å². The van der Waals surface area contributed by atoms with Crippen molar-refractivity contribution in [2.75, 3.05) is 18.1 Å². The van der Waals surface area contributed by atoms with E-state index in [1.807, 2.05) is 18.3 Å². The van der Waals surface area contributed by atoms with Crippen molar-refractivity contribution in [1.82, 2.24) is 10.2 Å². The topological polar surface area (TPSA) is 49.2 Å². The fourth-order valence-corrected chi connectivity index (χ4v) is 2.95. The maximum Gasteiger partial charge on any atom is 0.159 e. The molecular formula is C15H19N3O. The first-order chi connectivity index (χ1) is 9.40. The third-order valence-corrected chi connectivity index (χ3v) is 3.91. The Morgan fingerprint density at radius 2 is 2.16 bits per heavy atom. The number of rotatable bonds is 3. The minimum absolute atomic E-state index is 0.235. The molecule has 0 aliphatic carbocycles. The van der Waals surface area contributed by atoms with Crippen LogP contribution in [0.4, 0.5) is 5.82 Å². The van der Waals surface area contributed by atoms with Gasteiger partial charge in [-0.15, -0.1) is 5.10 Å². The van der Waals surface area contributed by atoms with E-state index >= 15 is 0 Å². The first-order valence-corrected chi connectivity index (χ1v) is 6.98. The number of anilines is 1. The molecule has 1 aliphatic rings. The van der Waals surface area contributed by atoms with Crippen LogP contribution in [0.2, 0.25) is 0 Å². The Morgan fingerprint density at radius 3 is 3.05 bits per heavy atom. The molecule has 1 aromatic heterocycles. The Balaban J connectivity index is 2.02.